The second-order valence-corrected chi connectivity index (χ2v) is 5.23. The summed E-state index contributed by atoms with van der Waals surface area (Å²) in [6.45, 7) is 3.60. The van der Waals surface area contributed by atoms with Gasteiger partial charge in [-0.15, -0.1) is 0 Å². The molecule has 130 valence electrons. The van der Waals surface area contributed by atoms with Gasteiger partial charge >= 0.3 is 5.97 Å². The van der Waals surface area contributed by atoms with Crippen LogP contribution in [0.4, 0.5) is 8.78 Å². The number of esters is 1. The summed E-state index contributed by atoms with van der Waals surface area (Å²) in [4.78, 5) is 16.3. The highest BCUT2D eigenvalue weighted by Gasteiger charge is 2.22. The Kier molecular flexibility index (Phi) is 4.35. The summed E-state index contributed by atoms with van der Waals surface area (Å²) >= 11 is 0. The zero-order valence-corrected chi connectivity index (χ0v) is 13.8. The molecule has 0 unspecified atom stereocenters. The summed E-state index contributed by atoms with van der Waals surface area (Å²) in [6.07, 6.45) is 1.32. The van der Waals surface area contributed by atoms with Gasteiger partial charge in [-0.05, 0) is 31.5 Å². The first-order valence-electron chi connectivity index (χ1n) is 7.52. The summed E-state index contributed by atoms with van der Waals surface area (Å²) in [5, 5.41) is 4.32. The number of aromatic nitrogens is 3. The summed E-state index contributed by atoms with van der Waals surface area (Å²) in [5.41, 5.74) is 1.94. The number of benzene rings is 1. The maximum atomic E-state index is 13.6. The molecule has 3 aromatic rings. The average Bonchev–Trinajstić information content (AvgIpc) is 2.92. The Morgan fingerprint density at radius 1 is 1.28 bits per heavy atom. The molecule has 0 aliphatic carbocycles. The van der Waals surface area contributed by atoms with Gasteiger partial charge in [0.05, 0.1) is 19.4 Å². The number of carbonyl (C=O) groups excluding carboxylic acids is 1. The second-order valence-electron chi connectivity index (χ2n) is 5.23. The highest BCUT2D eigenvalue weighted by molar-refractivity contribution is 5.92. The van der Waals surface area contributed by atoms with Crippen molar-refractivity contribution < 1.29 is 23.0 Å². The molecule has 0 saturated carbocycles. The van der Waals surface area contributed by atoms with Crippen molar-refractivity contribution in [1.82, 2.24) is 14.6 Å². The van der Waals surface area contributed by atoms with E-state index in [1.807, 2.05) is 0 Å². The number of hydrogen-bond donors (Lipinski definition) is 0. The molecule has 6 nitrogen and oxygen atoms in total. The van der Waals surface area contributed by atoms with Gasteiger partial charge < -0.3 is 9.47 Å². The quantitative estimate of drug-likeness (QED) is 0.678. The SMILES string of the molecule is CCOC(=O)c1cnc2c(-c3ccc(F)c(F)c3)c(C)nn2c1OC. The standard InChI is InChI=1S/C17H15F2N3O3/c1-4-25-17(23)11-8-20-15-14(9(2)21-22(15)16(11)24-3)10-5-6-12(18)13(19)7-10/h5-8H,4H2,1-3H3. The molecule has 8 heteroatoms. The zero-order valence-electron chi connectivity index (χ0n) is 13.8. The van der Waals surface area contributed by atoms with Crippen LogP contribution in [0.3, 0.4) is 0 Å². The van der Waals surface area contributed by atoms with Gasteiger partial charge in [-0.2, -0.15) is 9.61 Å². The molecular formula is C17H15F2N3O3. The van der Waals surface area contributed by atoms with Crippen molar-refractivity contribution in [2.75, 3.05) is 13.7 Å². The van der Waals surface area contributed by atoms with E-state index in [4.69, 9.17) is 9.47 Å². The molecule has 2 aromatic heterocycles. The van der Waals surface area contributed by atoms with Crippen molar-refractivity contribution in [3.8, 4) is 17.0 Å². The molecule has 0 bridgehead atoms. The van der Waals surface area contributed by atoms with Crippen molar-refractivity contribution in [2.45, 2.75) is 13.8 Å². The fourth-order valence-electron chi connectivity index (χ4n) is 2.61. The van der Waals surface area contributed by atoms with E-state index in [2.05, 4.69) is 10.1 Å². The summed E-state index contributed by atoms with van der Waals surface area (Å²) < 4.78 is 38.4. The Labute approximate surface area is 142 Å². The Morgan fingerprint density at radius 2 is 2.04 bits per heavy atom. The molecule has 0 spiro atoms. The first-order valence-corrected chi connectivity index (χ1v) is 7.52. The summed E-state index contributed by atoms with van der Waals surface area (Å²) in [6, 6.07) is 3.56. The number of halogens is 2. The van der Waals surface area contributed by atoms with Gasteiger partial charge in [-0.3, -0.25) is 0 Å². The van der Waals surface area contributed by atoms with Gasteiger partial charge in [0.2, 0.25) is 5.88 Å². The van der Waals surface area contributed by atoms with E-state index >= 15 is 0 Å². The van der Waals surface area contributed by atoms with Crippen molar-refractivity contribution in [1.29, 1.82) is 0 Å². The largest absolute Gasteiger partial charge is 0.480 e. The molecule has 0 atom stereocenters. The molecule has 0 aliphatic heterocycles. The van der Waals surface area contributed by atoms with Gasteiger partial charge in [0.25, 0.3) is 0 Å². The van der Waals surface area contributed by atoms with E-state index in [0.29, 0.717) is 22.5 Å². The van der Waals surface area contributed by atoms with Crippen LogP contribution in [-0.4, -0.2) is 34.3 Å². The highest BCUT2D eigenvalue weighted by Crippen LogP contribution is 2.31. The molecule has 0 amide bonds. The maximum Gasteiger partial charge on any atom is 0.345 e. The molecular weight excluding hydrogens is 332 g/mol. The highest BCUT2D eigenvalue weighted by atomic mass is 19.2. The van der Waals surface area contributed by atoms with Gasteiger partial charge in [-0.25, -0.2) is 18.6 Å². The first kappa shape index (κ1) is 16.8. The van der Waals surface area contributed by atoms with Crippen LogP contribution in [0.5, 0.6) is 5.88 Å². The molecule has 1 aromatic carbocycles. The van der Waals surface area contributed by atoms with Crippen LogP contribution in [0, 0.1) is 18.6 Å². The van der Waals surface area contributed by atoms with Crippen molar-refractivity contribution >= 4 is 11.6 Å². The van der Waals surface area contributed by atoms with Crippen LogP contribution in [0.1, 0.15) is 23.0 Å². The van der Waals surface area contributed by atoms with Crippen LogP contribution in [0.15, 0.2) is 24.4 Å². The van der Waals surface area contributed by atoms with E-state index in [-0.39, 0.29) is 18.1 Å². The predicted octanol–water partition coefficient (Wildman–Crippen LogP) is 3.17. The van der Waals surface area contributed by atoms with Crippen molar-refractivity contribution in [3.05, 3.63) is 47.3 Å². The minimum Gasteiger partial charge on any atom is -0.480 e. The number of ether oxygens (including phenoxy) is 2. The number of nitrogens with zero attached hydrogens (tertiary/aromatic N) is 3. The lowest BCUT2D eigenvalue weighted by Gasteiger charge is -2.09. The van der Waals surface area contributed by atoms with Gasteiger partial charge in [0, 0.05) is 11.8 Å². The summed E-state index contributed by atoms with van der Waals surface area (Å²) in [5.74, 6) is -2.34. The summed E-state index contributed by atoms with van der Waals surface area (Å²) in [7, 11) is 1.39. The number of hydrogen-bond acceptors (Lipinski definition) is 5. The lowest BCUT2D eigenvalue weighted by Crippen LogP contribution is -2.11. The fourth-order valence-corrected chi connectivity index (χ4v) is 2.61. The van der Waals surface area contributed by atoms with Crippen molar-refractivity contribution in [2.24, 2.45) is 0 Å². The first-order chi connectivity index (χ1) is 12.0. The van der Waals surface area contributed by atoms with Crippen LogP contribution in [0.25, 0.3) is 16.8 Å². The molecule has 0 fully saturated rings. The molecule has 0 N–H and O–H groups in total. The maximum absolute atomic E-state index is 13.6. The van der Waals surface area contributed by atoms with Gasteiger partial charge in [0.15, 0.2) is 17.3 Å². The number of methoxy groups -OCH3 is 1. The Bertz CT molecular complexity index is 969. The zero-order chi connectivity index (χ0) is 18.1. The Hall–Kier alpha value is -3.03. The van der Waals surface area contributed by atoms with Crippen LogP contribution >= 0.6 is 0 Å². The normalized spacial score (nSPS) is 10.9. The minimum atomic E-state index is -0.966. The Balaban J connectivity index is 2.24. The average molecular weight is 347 g/mol. The smallest absolute Gasteiger partial charge is 0.345 e. The molecule has 25 heavy (non-hydrogen) atoms. The van der Waals surface area contributed by atoms with Crippen LogP contribution in [0.2, 0.25) is 0 Å². The third-order valence-electron chi connectivity index (χ3n) is 3.67. The third-order valence-corrected chi connectivity index (χ3v) is 3.67. The number of carbonyl (C=O) groups is 1. The van der Waals surface area contributed by atoms with E-state index in [9.17, 15) is 13.6 Å². The van der Waals surface area contributed by atoms with Crippen LogP contribution in [-0.2, 0) is 4.74 Å². The molecule has 2 heterocycles. The minimum absolute atomic E-state index is 0.121. The Morgan fingerprint density at radius 3 is 2.68 bits per heavy atom. The monoisotopic (exact) mass is 347 g/mol. The molecule has 0 aliphatic rings. The van der Waals surface area contributed by atoms with E-state index in [1.165, 1.54) is 23.9 Å². The van der Waals surface area contributed by atoms with Gasteiger partial charge in [-0.1, -0.05) is 6.07 Å². The van der Waals surface area contributed by atoms with Gasteiger partial charge in [0.1, 0.15) is 5.56 Å². The third kappa shape index (κ3) is 2.79. The topological polar surface area (TPSA) is 65.7 Å². The van der Waals surface area contributed by atoms with E-state index < -0.39 is 17.6 Å². The second kappa shape index (κ2) is 6.46. The fraction of sp³-hybridized carbons (Fsp3) is 0.235. The molecule has 0 saturated heterocycles. The number of aryl methyl sites for hydroxylation is 1. The predicted molar refractivity (Wildman–Crippen MR) is 85.6 cm³/mol. The molecule has 3 rings (SSSR count). The lowest BCUT2D eigenvalue weighted by atomic mass is 10.1. The number of fused-ring (bicyclic) bond motifs is 1. The lowest BCUT2D eigenvalue weighted by molar-refractivity contribution is 0.0520. The van der Waals surface area contributed by atoms with E-state index in [1.54, 1.807) is 13.8 Å². The van der Waals surface area contributed by atoms with Crippen molar-refractivity contribution in [3.63, 3.8) is 0 Å². The number of rotatable bonds is 4. The van der Waals surface area contributed by atoms with E-state index in [0.717, 1.165) is 12.1 Å². The molecule has 0 radical (unpaired) electrons. The van der Waals surface area contributed by atoms with Crippen LogP contribution < -0.4 is 4.74 Å².